The molecule has 1 aliphatic rings. The lowest BCUT2D eigenvalue weighted by Crippen LogP contribution is -2.29. The maximum atomic E-state index is 12.9. The lowest BCUT2D eigenvalue weighted by molar-refractivity contribution is -0.127. The Bertz CT molecular complexity index is 559. The van der Waals surface area contributed by atoms with Crippen LogP contribution in [0.5, 0.6) is 0 Å². The highest BCUT2D eigenvalue weighted by molar-refractivity contribution is 5.85. The molecule has 0 radical (unpaired) electrons. The van der Waals surface area contributed by atoms with Crippen LogP contribution < -0.4 is 0 Å². The summed E-state index contributed by atoms with van der Waals surface area (Å²) in [5, 5.41) is 0. The van der Waals surface area contributed by atoms with Crippen LogP contribution in [0.3, 0.4) is 0 Å². The maximum Gasteiger partial charge on any atom is 0.159 e. The first-order chi connectivity index (χ1) is 10.3. The Morgan fingerprint density at radius 2 is 2.10 bits per heavy atom. The first-order valence-corrected chi connectivity index (χ1v) is 7.75. The number of aromatic nitrogens is 3. The summed E-state index contributed by atoms with van der Waals surface area (Å²) in [6, 6.07) is 5.68. The van der Waals surface area contributed by atoms with Crippen molar-refractivity contribution in [3.8, 4) is 0 Å². The number of nitrogens with zero attached hydrogens (tertiary/aromatic N) is 3. The molecule has 4 heteroatoms. The summed E-state index contributed by atoms with van der Waals surface area (Å²) in [5.41, 5.74) is 0.959. The molecule has 0 aromatic carbocycles. The highest BCUT2D eigenvalue weighted by Crippen LogP contribution is 2.29. The average molecular weight is 283 g/mol. The molecule has 0 N–H and O–H groups in total. The molecule has 21 heavy (non-hydrogen) atoms. The molecule has 1 aliphatic carbocycles. The number of hydrogen-bond donors (Lipinski definition) is 0. The molecule has 3 rings (SSSR count). The smallest absolute Gasteiger partial charge is 0.159 e. The van der Waals surface area contributed by atoms with Crippen LogP contribution in [-0.4, -0.2) is 20.3 Å². The van der Waals surface area contributed by atoms with Crippen molar-refractivity contribution in [2.45, 2.75) is 44.6 Å². The van der Waals surface area contributed by atoms with Crippen LogP contribution in [0.2, 0.25) is 0 Å². The molecule has 0 spiro atoms. The van der Waals surface area contributed by atoms with E-state index in [-0.39, 0.29) is 12.0 Å². The zero-order chi connectivity index (χ0) is 14.5. The van der Waals surface area contributed by atoms with Gasteiger partial charge in [-0.2, -0.15) is 0 Å². The minimum atomic E-state index is -0.175. The second-order valence-corrected chi connectivity index (χ2v) is 5.79. The van der Waals surface area contributed by atoms with E-state index in [2.05, 4.69) is 9.97 Å². The quantitative estimate of drug-likeness (QED) is 0.846. The van der Waals surface area contributed by atoms with Gasteiger partial charge in [0.15, 0.2) is 5.78 Å². The standard InChI is InChI=1S/C17H21N3O/c21-17(14-6-2-1-3-7-14)16(20-11-10-18-13-20)12-15-8-4-5-9-19-15/h4-5,8-11,13-14,16H,1-3,6-7,12H2. The zero-order valence-electron chi connectivity index (χ0n) is 12.2. The van der Waals surface area contributed by atoms with E-state index in [1.807, 2.05) is 29.0 Å². The lowest BCUT2D eigenvalue weighted by Gasteiger charge is -2.26. The van der Waals surface area contributed by atoms with Crippen LogP contribution >= 0.6 is 0 Å². The Kier molecular flexibility index (Phi) is 4.43. The fourth-order valence-electron chi connectivity index (χ4n) is 3.18. The van der Waals surface area contributed by atoms with Gasteiger partial charge < -0.3 is 4.57 Å². The molecule has 4 nitrogen and oxygen atoms in total. The first kappa shape index (κ1) is 14.0. The maximum absolute atomic E-state index is 12.9. The number of Topliss-reactive ketones (excluding diaryl/α,β-unsaturated/α-hetero) is 1. The van der Waals surface area contributed by atoms with Crippen LogP contribution in [0.1, 0.15) is 43.8 Å². The molecule has 2 heterocycles. The fraction of sp³-hybridized carbons (Fsp3) is 0.471. The molecule has 1 atom stereocenters. The summed E-state index contributed by atoms with van der Waals surface area (Å²) in [7, 11) is 0. The minimum Gasteiger partial charge on any atom is -0.327 e. The third-order valence-corrected chi connectivity index (χ3v) is 4.35. The van der Waals surface area contributed by atoms with Crippen molar-refractivity contribution in [2.75, 3.05) is 0 Å². The second-order valence-electron chi connectivity index (χ2n) is 5.79. The summed E-state index contributed by atoms with van der Waals surface area (Å²) in [4.78, 5) is 21.4. The van der Waals surface area contributed by atoms with Crippen molar-refractivity contribution in [2.24, 2.45) is 5.92 Å². The van der Waals surface area contributed by atoms with Crippen molar-refractivity contribution in [1.29, 1.82) is 0 Å². The summed E-state index contributed by atoms with van der Waals surface area (Å²) < 4.78 is 1.94. The second kappa shape index (κ2) is 6.66. The summed E-state index contributed by atoms with van der Waals surface area (Å²) in [5.74, 6) is 0.549. The number of imidazole rings is 1. The molecule has 0 amide bonds. The molecule has 0 saturated heterocycles. The molecule has 0 aliphatic heterocycles. The molecule has 110 valence electrons. The van der Waals surface area contributed by atoms with Gasteiger partial charge in [0, 0.05) is 36.6 Å². The Morgan fingerprint density at radius 1 is 1.24 bits per heavy atom. The average Bonchev–Trinajstić information content (AvgIpc) is 3.08. The molecular weight excluding hydrogens is 262 g/mol. The van der Waals surface area contributed by atoms with Crippen molar-refractivity contribution in [1.82, 2.24) is 14.5 Å². The highest BCUT2D eigenvalue weighted by Gasteiger charge is 2.29. The van der Waals surface area contributed by atoms with Gasteiger partial charge in [0.25, 0.3) is 0 Å². The third-order valence-electron chi connectivity index (χ3n) is 4.35. The number of rotatable bonds is 5. The van der Waals surface area contributed by atoms with Crippen molar-refractivity contribution in [3.05, 3.63) is 48.8 Å². The van der Waals surface area contributed by atoms with E-state index in [1.54, 1.807) is 18.7 Å². The van der Waals surface area contributed by atoms with Crippen LogP contribution in [0.15, 0.2) is 43.1 Å². The van der Waals surface area contributed by atoms with Gasteiger partial charge in [0.1, 0.15) is 0 Å². The van der Waals surface area contributed by atoms with Gasteiger partial charge >= 0.3 is 0 Å². The number of ketones is 1. The molecule has 0 bridgehead atoms. The highest BCUT2D eigenvalue weighted by atomic mass is 16.1. The Labute approximate surface area is 125 Å². The van der Waals surface area contributed by atoms with Crippen LogP contribution in [0.4, 0.5) is 0 Å². The molecule has 1 unspecified atom stereocenters. The van der Waals surface area contributed by atoms with E-state index in [1.165, 1.54) is 19.3 Å². The van der Waals surface area contributed by atoms with E-state index < -0.39 is 0 Å². The van der Waals surface area contributed by atoms with Gasteiger partial charge in [-0.05, 0) is 25.0 Å². The monoisotopic (exact) mass is 283 g/mol. The number of hydrogen-bond acceptors (Lipinski definition) is 3. The van der Waals surface area contributed by atoms with Crippen LogP contribution in [-0.2, 0) is 11.2 Å². The van der Waals surface area contributed by atoms with Gasteiger partial charge in [-0.15, -0.1) is 0 Å². The van der Waals surface area contributed by atoms with Gasteiger partial charge in [-0.1, -0.05) is 25.3 Å². The zero-order valence-corrected chi connectivity index (χ0v) is 12.2. The number of pyridine rings is 1. The van der Waals surface area contributed by atoms with E-state index in [4.69, 9.17) is 0 Å². The summed E-state index contributed by atoms with van der Waals surface area (Å²) in [6.07, 6.45) is 13.5. The van der Waals surface area contributed by atoms with Crippen molar-refractivity contribution in [3.63, 3.8) is 0 Å². The number of carbonyl (C=O) groups is 1. The fourth-order valence-corrected chi connectivity index (χ4v) is 3.18. The normalized spacial score (nSPS) is 17.5. The van der Waals surface area contributed by atoms with Gasteiger partial charge in [-0.3, -0.25) is 9.78 Å². The van der Waals surface area contributed by atoms with Gasteiger partial charge in [0.2, 0.25) is 0 Å². The van der Waals surface area contributed by atoms with Crippen LogP contribution in [0, 0.1) is 5.92 Å². The molecular formula is C17H21N3O. The summed E-state index contributed by atoms with van der Waals surface area (Å²) >= 11 is 0. The van der Waals surface area contributed by atoms with Crippen molar-refractivity contribution < 1.29 is 4.79 Å². The Morgan fingerprint density at radius 3 is 2.76 bits per heavy atom. The minimum absolute atomic E-state index is 0.175. The third kappa shape index (κ3) is 3.38. The lowest BCUT2D eigenvalue weighted by atomic mass is 9.83. The Hall–Kier alpha value is -1.97. The van der Waals surface area contributed by atoms with Gasteiger partial charge in [0.05, 0.1) is 12.4 Å². The van der Waals surface area contributed by atoms with Gasteiger partial charge in [-0.25, -0.2) is 4.98 Å². The molecule has 2 aromatic rings. The largest absolute Gasteiger partial charge is 0.327 e. The Balaban J connectivity index is 1.80. The molecule has 1 saturated carbocycles. The van der Waals surface area contributed by atoms with Crippen molar-refractivity contribution >= 4 is 5.78 Å². The predicted octanol–water partition coefficient (Wildman–Crippen LogP) is 3.21. The molecule has 2 aromatic heterocycles. The van der Waals surface area contributed by atoms with E-state index in [0.717, 1.165) is 18.5 Å². The topological polar surface area (TPSA) is 47.8 Å². The SMILES string of the molecule is O=C(C1CCCCC1)C(Cc1ccccn1)n1ccnc1. The molecule has 1 fully saturated rings. The first-order valence-electron chi connectivity index (χ1n) is 7.75. The van der Waals surface area contributed by atoms with E-state index in [9.17, 15) is 4.79 Å². The number of carbonyl (C=O) groups excluding carboxylic acids is 1. The summed E-state index contributed by atoms with van der Waals surface area (Å²) in [6.45, 7) is 0. The van der Waals surface area contributed by atoms with Crippen LogP contribution in [0.25, 0.3) is 0 Å². The predicted molar refractivity (Wildman–Crippen MR) is 80.8 cm³/mol. The van der Waals surface area contributed by atoms with E-state index in [0.29, 0.717) is 12.2 Å². The van der Waals surface area contributed by atoms with E-state index >= 15 is 0 Å².